The third-order valence-electron chi connectivity index (χ3n) is 3.22. The largest absolute Gasteiger partial charge is 0.497 e. The maximum Gasteiger partial charge on any atom is 0.161 e. The van der Waals surface area contributed by atoms with Crippen LogP contribution in [0.3, 0.4) is 0 Å². The molecule has 0 bridgehead atoms. The van der Waals surface area contributed by atoms with Gasteiger partial charge in [-0.15, -0.1) is 0 Å². The Morgan fingerprint density at radius 2 is 1.45 bits per heavy atom. The smallest absolute Gasteiger partial charge is 0.161 e. The van der Waals surface area contributed by atoms with Crippen molar-refractivity contribution < 1.29 is 24.1 Å². The second kappa shape index (κ2) is 7.56. The van der Waals surface area contributed by atoms with Gasteiger partial charge in [-0.25, -0.2) is 0 Å². The first-order valence-electron chi connectivity index (χ1n) is 6.84. The highest BCUT2D eigenvalue weighted by Crippen LogP contribution is 2.29. The number of para-hydroxylation sites is 2. The molecule has 0 aliphatic rings. The molecule has 0 saturated carbocycles. The van der Waals surface area contributed by atoms with E-state index in [1.807, 2.05) is 12.1 Å². The molecule has 22 heavy (non-hydrogen) atoms. The van der Waals surface area contributed by atoms with E-state index in [1.54, 1.807) is 51.7 Å². The molecule has 118 valence electrons. The number of rotatable bonds is 7. The van der Waals surface area contributed by atoms with Gasteiger partial charge in [0.1, 0.15) is 24.2 Å². The molecule has 0 heterocycles. The molecule has 2 rings (SSSR count). The van der Waals surface area contributed by atoms with Crippen LogP contribution in [0.15, 0.2) is 42.5 Å². The van der Waals surface area contributed by atoms with Crippen molar-refractivity contribution in [1.82, 2.24) is 0 Å². The first kappa shape index (κ1) is 16.0. The fourth-order valence-electron chi connectivity index (χ4n) is 2.02. The van der Waals surface area contributed by atoms with Gasteiger partial charge in [-0.05, 0) is 29.8 Å². The minimum Gasteiger partial charge on any atom is -0.497 e. The lowest BCUT2D eigenvalue weighted by atomic mass is 10.1. The van der Waals surface area contributed by atoms with Crippen LogP contribution >= 0.6 is 0 Å². The molecule has 0 amide bonds. The average Bonchev–Trinajstić information content (AvgIpc) is 2.59. The number of benzene rings is 2. The van der Waals surface area contributed by atoms with Gasteiger partial charge in [-0.1, -0.05) is 12.1 Å². The number of hydrogen-bond acceptors (Lipinski definition) is 5. The van der Waals surface area contributed by atoms with Gasteiger partial charge in [0, 0.05) is 6.07 Å². The normalized spacial score (nSPS) is 11.6. The maximum absolute atomic E-state index is 10.3. The predicted octanol–water partition coefficient (Wildman–Crippen LogP) is 2.82. The van der Waals surface area contributed by atoms with Crippen LogP contribution < -0.4 is 18.9 Å². The molecule has 0 saturated heterocycles. The second-order valence-corrected chi connectivity index (χ2v) is 4.62. The first-order chi connectivity index (χ1) is 10.7. The van der Waals surface area contributed by atoms with Gasteiger partial charge in [0.15, 0.2) is 11.5 Å². The van der Waals surface area contributed by atoms with E-state index >= 15 is 0 Å². The summed E-state index contributed by atoms with van der Waals surface area (Å²) in [4.78, 5) is 0. The molecular weight excluding hydrogens is 284 g/mol. The minimum absolute atomic E-state index is 0.0939. The maximum atomic E-state index is 10.3. The monoisotopic (exact) mass is 304 g/mol. The SMILES string of the molecule is COc1cc(OC)cc(C(O)COc2ccccc2OC)c1. The van der Waals surface area contributed by atoms with Crippen LogP contribution in [0.1, 0.15) is 11.7 Å². The zero-order valence-electron chi connectivity index (χ0n) is 12.9. The molecule has 0 spiro atoms. The summed E-state index contributed by atoms with van der Waals surface area (Å²) in [5.74, 6) is 2.44. The summed E-state index contributed by atoms with van der Waals surface area (Å²) in [6, 6.07) is 12.5. The molecule has 2 aromatic rings. The van der Waals surface area contributed by atoms with Crippen LogP contribution in [-0.4, -0.2) is 33.0 Å². The van der Waals surface area contributed by atoms with E-state index in [-0.39, 0.29) is 6.61 Å². The molecule has 0 radical (unpaired) electrons. The molecule has 1 atom stereocenters. The Bertz CT molecular complexity index is 589. The third-order valence-corrected chi connectivity index (χ3v) is 3.22. The van der Waals surface area contributed by atoms with E-state index in [9.17, 15) is 5.11 Å². The van der Waals surface area contributed by atoms with Gasteiger partial charge in [0.25, 0.3) is 0 Å². The molecule has 5 heteroatoms. The van der Waals surface area contributed by atoms with Gasteiger partial charge in [-0.2, -0.15) is 0 Å². The summed E-state index contributed by atoms with van der Waals surface area (Å²) in [6.07, 6.45) is -0.811. The molecule has 5 nitrogen and oxygen atoms in total. The fraction of sp³-hybridized carbons (Fsp3) is 0.294. The zero-order valence-corrected chi connectivity index (χ0v) is 12.9. The molecule has 0 aliphatic carbocycles. The zero-order chi connectivity index (χ0) is 15.9. The van der Waals surface area contributed by atoms with Crippen molar-refractivity contribution in [1.29, 1.82) is 0 Å². The average molecular weight is 304 g/mol. The number of methoxy groups -OCH3 is 3. The Hall–Kier alpha value is -2.40. The van der Waals surface area contributed by atoms with Crippen LogP contribution in [0, 0.1) is 0 Å². The summed E-state index contributed by atoms with van der Waals surface area (Å²) < 4.78 is 21.2. The molecule has 0 aromatic heterocycles. The second-order valence-electron chi connectivity index (χ2n) is 4.62. The Morgan fingerprint density at radius 3 is 2.00 bits per heavy atom. The highest BCUT2D eigenvalue weighted by molar-refractivity contribution is 5.41. The Balaban J connectivity index is 2.10. The molecule has 0 fully saturated rings. The quantitative estimate of drug-likeness (QED) is 0.852. The third kappa shape index (κ3) is 3.83. The number of aliphatic hydroxyl groups excluding tert-OH is 1. The van der Waals surface area contributed by atoms with Crippen LogP contribution in [0.25, 0.3) is 0 Å². The molecule has 1 unspecified atom stereocenters. The molecule has 2 aromatic carbocycles. The van der Waals surface area contributed by atoms with Crippen LogP contribution in [-0.2, 0) is 0 Å². The van der Waals surface area contributed by atoms with Crippen molar-refractivity contribution in [2.45, 2.75) is 6.10 Å². The summed E-state index contributed by atoms with van der Waals surface area (Å²) in [7, 11) is 4.71. The number of aliphatic hydroxyl groups is 1. The van der Waals surface area contributed by atoms with Gasteiger partial charge in [0.05, 0.1) is 21.3 Å². The topological polar surface area (TPSA) is 57.2 Å². The first-order valence-corrected chi connectivity index (χ1v) is 6.84. The number of hydrogen-bond donors (Lipinski definition) is 1. The van der Waals surface area contributed by atoms with Crippen molar-refractivity contribution in [2.24, 2.45) is 0 Å². The summed E-state index contributed by atoms with van der Waals surface area (Å²) >= 11 is 0. The van der Waals surface area contributed by atoms with Crippen molar-refractivity contribution in [2.75, 3.05) is 27.9 Å². The van der Waals surface area contributed by atoms with E-state index in [0.29, 0.717) is 28.6 Å². The fourth-order valence-corrected chi connectivity index (χ4v) is 2.02. The van der Waals surface area contributed by atoms with E-state index in [4.69, 9.17) is 18.9 Å². The lowest BCUT2D eigenvalue weighted by molar-refractivity contribution is 0.106. The van der Waals surface area contributed by atoms with Crippen LogP contribution in [0.4, 0.5) is 0 Å². The van der Waals surface area contributed by atoms with Crippen molar-refractivity contribution in [3.05, 3.63) is 48.0 Å². The minimum atomic E-state index is -0.811. The van der Waals surface area contributed by atoms with Crippen molar-refractivity contribution >= 4 is 0 Å². The van der Waals surface area contributed by atoms with E-state index in [1.165, 1.54) is 0 Å². The van der Waals surface area contributed by atoms with Gasteiger partial charge in [0.2, 0.25) is 0 Å². The highest BCUT2D eigenvalue weighted by Gasteiger charge is 2.13. The van der Waals surface area contributed by atoms with Crippen molar-refractivity contribution in [3.8, 4) is 23.0 Å². The summed E-state index contributed by atoms with van der Waals surface area (Å²) in [5, 5.41) is 10.3. The van der Waals surface area contributed by atoms with Gasteiger partial charge in [-0.3, -0.25) is 0 Å². The Morgan fingerprint density at radius 1 is 0.864 bits per heavy atom. The van der Waals surface area contributed by atoms with E-state index in [0.717, 1.165) is 0 Å². The Kier molecular flexibility index (Phi) is 5.49. The van der Waals surface area contributed by atoms with Gasteiger partial charge >= 0.3 is 0 Å². The molecule has 1 N–H and O–H groups in total. The lowest BCUT2D eigenvalue weighted by Crippen LogP contribution is -2.10. The molecular formula is C17H20O5. The highest BCUT2D eigenvalue weighted by atomic mass is 16.5. The van der Waals surface area contributed by atoms with Gasteiger partial charge < -0.3 is 24.1 Å². The summed E-state index contributed by atoms with van der Waals surface area (Å²) in [6.45, 7) is 0.0939. The number of ether oxygens (including phenoxy) is 4. The van der Waals surface area contributed by atoms with Crippen LogP contribution in [0.5, 0.6) is 23.0 Å². The Labute approximate surface area is 130 Å². The van der Waals surface area contributed by atoms with Crippen molar-refractivity contribution in [3.63, 3.8) is 0 Å². The lowest BCUT2D eigenvalue weighted by Gasteiger charge is -2.16. The standard InChI is InChI=1S/C17H20O5/c1-19-13-8-12(9-14(10-13)20-2)15(18)11-22-17-7-5-4-6-16(17)21-3/h4-10,15,18H,11H2,1-3H3. The molecule has 0 aliphatic heterocycles. The van der Waals surface area contributed by atoms with Crippen LogP contribution in [0.2, 0.25) is 0 Å². The van der Waals surface area contributed by atoms with E-state index in [2.05, 4.69) is 0 Å². The van der Waals surface area contributed by atoms with E-state index < -0.39 is 6.10 Å². The summed E-state index contributed by atoms with van der Waals surface area (Å²) in [5.41, 5.74) is 0.658. The predicted molar refractivity (Wildman–Crippen MR) is 83.0 cm³/mol.